The average Bonchev–Trinajstić information content (AvgIpc) is 3.75. The van der Waals surface area contributed by atoms with Crippen molar-refractivity contribution in [2.45, 2.75) is 64.6 Å². The average molecular weight is 609 g/mol. The molecule has 0 aromatic heterocycles. The van der Waals surface area contributed by atoms with Gasteiger partial charge in [-0.05, 0) is 68.7 Å². The van der Waals surface area contributed by atoms with Gasteiger partial charge in [0.15, 0.2) is 6.61 Å². The number of ether oxygens (including phenoxy) is 3. The summed E-state index contributed by atoms with van der Waals surface area (Å²) in [4.78, 5) is 43.3. The fourth-order valence-electron chi connectivity index (χ4n) is 6.29. The van der Waals surface area contributed by atoms with E-state index in [9.17, 15) is 14.4 Å². The number of carbonyl (C=O) groups is 3. The van der Waals surface area contributed by atoms with E-state index in [1.807, 2.05) is 35.3 Å². The maximum atomic E-state index is 13.8. The molecule has 0 radical (unpaired) electrons. The molecule has 2 unspecified atom stereocenters. The number of benzene rings is 1. The van der Waals surface area contributed by atoms with Crippen LogP contribution in [-0.4, -0.2) is 98.8 Å². The van der Waals surface area contributed by atoms with Gasteiger partial charge in [0.25, 0.3) is 11.8 Å². The summed E-state index contributed by atoms with van der Waals surface area (Å²) < 4.78 is 16.7. The molecule has 240 valence electrons. The SMILES string of the molecule is COCCCOC1C=C(C(=O)N(C[C@@H]2CNC[C@H]2CN(C(=O)Cc2ccc3c(c2)NC(=O)CO3)C2CC2)C(C)C)C=CC1C. The molecule has 1 saturated carbocycles. The van der Waals surface area contributed by atoms with Crippen LogP contribution < -0.4 is 15.4 Å². The Balaban J connectivity index is 1.22. The number of hydrogen-bond acceptors (Lipinski definition) is 7. The highest BCUT2D eigenvalue weighted by Gasteiger charge is 2.38. The molecule has 2 N–H and O–H groups in total. The lowest BCUT2D eigenvalue weighted by atomic mass is 9.92. The van der Waals surface area contributed by atoms with Crippen molar-refractivity contribution in [2.24, 2.45) is 17.8 Å². The lowest BCUT2D eigenvalue weighted by molar-refractivity contribution is -0.133. The van der Waals surface area contributed by atoms with E-state index in [0.29, 0.717) is 43.3 Å². The van der Waals surface area contributed by atoms with Gasteiger partial charge in [-0.25, -0.2) is 0 Å². The summed E-state index contributed by atoms with van der Waals surface area (Å²) in [6, 6.07) is 5.86. The predicted octanol–water partition coefficient (Wildman–Crippen LogP) is 3.18. The van der Waals surface area contributed by atoms with Gasteiger partial charge in [0.1, 0.15) is 5.75 Å². The van der Waals surface area contributed by atoms with Gasteiger partial charge in [-0.2, -0.15) is 0 Å². The summed E-state index contributed by atoms with van der Waals surface area (Å²) >= 11 is 0. The Morgan fingerprint density at radius 2 is 1.89 bits per heavy atom. The zero-order valence-corrected chi connectivity index (χ0v) is 26.6. The second kappa shape index (κ2) is 14.7. The molecule has 5 rings (SSSR count). The molecule has 1 aromatic rings. The van der Waals surface area contributed by atoms with Gasteiger partial charge < -0.3 is 34.6 Å². The molecular weight excluding hydrogens is 560 g/mol. The van der Waals surface area contributed by atoms with Crippen molar-refractivity contribution in [3.8, 4) is 5.75 Å². The molecular formula is C34H48N4O6. The van der Waals surface area contributed by atoms with Crippen LogP contribution in [-0.2, 0) is 30.3 Å². The number of amides is 3. The summed E-state index contributed by atoms with van der Waals surface area (Å²) in [6.07, 6.45) is 8.98. The van der Waals surface area contributed by atoms with Gasteiger partial charge in [0.05, 0.1) is 18.2 Å². The first-order valence-corrected chi connectivity index (χ1v) is 16.1. The topological polar surface area (TPSA) is 109 Å². The summed E-state index contributed by atoms with van der Waals surface area (Å²) in [5, 5.41) is 6.37. The maximum absolute atomic E-state index is 13.8. The highest BCUT2D eigenvalue weighted by Crippen LogP contribution is 2.33. The Hall–Kier alpha value is -3.21. The fourth-order valence-corrected chi connectivity index (χ4v) is 6.29. The van der Waals surface area contributed by atoms with Crippen LogP contribution in [0.3, 0.4) is 0 Å². The third kappa shape index (κ3) is 8.08. The molecule has 0 bridgehead atoms. The normalized spacial score (nSPS) is 24.4. The number of nitrogens with zero attached hydrogens (tertiary/aromatic N) is 2. The minimum Gasteiger partial charge on any atom is -0.482 e. The second-order valence-corrected chi connectivity index (χ2v) is 12.9. The monoisotopic (exact) mass is 608 g/mol. The van der Waals surface area contributed by atoms with Crippen molar-refractivity contribution < 1.29 is 28.6 Å². The van der Waals surface area contributed by atoms with Crippen molar-refractivity contribution in [2.75, 3.05) is 58.4 Å². The minimum atomic E-state index is -0.189. The van der Waals surface area contributed by atoms with Crippen LogP contribution in [0, 0.1) is 17.8 Å². The third-order valence-corrected chi connectivity index (χ3v) is 9.06. The molecule has 1 aromatic carbocycles. The Morgan fingerprint density at radius 1 is 1.11 bits per heavy atom. The van der Waals surface area contributed by atoms with Crippen molar-refractivity contribution in [3.05, 3.63) is 47.6 Å². The van der Waals surface area contributed by atoms with Crippen LogP contribution >= 0.6 is 0 Å². The molecule has 1 saturated heterocycles. The lowest BCUT2D eigenvalue weighted by Gasteiger charge is -2.34. The van der Waals surface area contributed by atoms with E-state index in [1.165, 1.54) is 0 Å². The van der Waals surface area contributed by atoms with Crippen LogP contribution in [0.25, 0.3) is 0 Å². The van der Waals surface area contributed by atoms with E-state index in [-0.39, 0.29) is 66.7 Å². The Labute approximate surface area is 261 Å². The van der Waals surface area contributed by atoms with Gasteiger partial charge in [-0.1, -0.05) is 25.1 Å². The summed E-state index contributed by atoms with van der Waals surface area (Å²) in [5.74, 6) is 1.24. The van der Waals surface area contributed by atoms with Crippen LogP contribution in [0.15, 0.2) is 42.0 Å². The van der Waals surface area contributed by atoms with Gasteiger partial charge in [-0.15, -0.1) is 0 Å². The number of rotatable bonds is 14. The largest absolute Gasteiger partial charge is 0.482 e. The van der Waals surface area contributed by atoms with Gasteiger partial charge in [0.2, 0.25) is 5.91 Å². The van der Waals surface area contributed by atoms with E-state index in [2.05, 4.69) is 42.4 Å². The van der Waals surface area contributed by atoms with E-state index < -0.39 is 0 Å². The van der Waals surface area contributed by atoms with E-state index in [4.69, 9.17) is 14.2 Å². The number of carbonyl (C=O) groups excluding carboxylic acids is 3. The molecule has 0 spiro atoms. The highest BCUT2D eigenvalue weighted by molar-refractivity contribution is 5.97. The van der Waals surface area contributed by atoms with Crippen molar-refractivity contribution >= 4 is 23.4 Å². The molecule has 3 amide bonds. The standard InChI is InChI=1S/C34H48N4O6/c1-22(2)37(34(41)25-8-6-23(3)31(16-25)43-13-5-12-42-4)19-26-17-35-18-27(26)20-38(28-9-10-28)33(40)15-24-7-11-30-29(14-24)36-32(39)21-44-30/h6-8,11,14,16,22-23,26-28,31,35H,5,9-10,12-13,15,17-21H2,1-4H3,(H,36,39)/t23?,26-,27-,31?/m0/s1. The fraction of sp³-hybridized carbons (Fsp3) is 0.618. The van der Waals surface area contributed by atoms with Crippen LogP contribution in [0.1, 0.15) is 45.6 Å². The van der Waals surface area contributed by atoms with Crippen LogP contribution in [0.4, 0.5) is 5.69 Å². The second-order valence-electron chi connectivity index (χ2n) is 12.9. The molecule has 4 atom stereocenters. The van der Waals surface area contributed by atoms with Crippen molar-refractivity contribution in [3.63, 3.8) is 0 Å². The van der Waals surface area contributed by atoms with Crippen LogP contribution in [0.2, 0.25) is 0 Å². The molecule has 10 heteroatoms. The first-order valence-electron chi connectivity index (χ1n) is 16.1. The molecule has 4 aliphatic rings. The Bertz CT molecular complexity index is 1260. The molecule has 10 nitrogen and oxygen atoms in total. The minimum absolute atomic E-state index is 0.00884. The zero-order valence-electron chi connectivity index (χ0n) is 26.6. The van der Waals surface area contributed by atoms with E-state index in [0.717, 1.165) is 37.9 Å². The number of anilines is 1. The van der Waals surface area contributed by atoms with Crippen LogP contribution in [0.5, 0.6) is 5.75 Å². The highest BCUT2D eigenvalue weighted by atomic mass is 16.5. The number of hydrogen-bond donors (Lipinski definition) is 2. The Kier molecular flexibility index (Phi) is 10.8. The molecule has 2 heterocycles. The van der Waals surface area contributed by atoms with Gasteiger partial charge in [-0.3, -0.25) is 14.4 Å². The molecule has 2 aliphatic heterocycles. The van der Waals surface area contributed by atoms with Gasteiger partial charge >= 0.3 is 0 Å². The van der Waals surface area contributed by atoms with Gasteiger partial charge in [0, 0.05) is 70.1 Å². The maximum Gasteiger partial charge on any atom is 0.262 e. The zero-order chi connectivity index (χ0) is 31.2. The first kappa shape index (κ1) is 32.2. The van der Waals surface area contributed by atoms with E-state index in [1.54, 1.807) is 7.11 Å². The molecule has 2 fully saturated rings. The lowest BCUT2D eigenvalue weighted by Crippen LogP contribution is -2.45. The smallest absolute Gasteiger partial charge is 0.262 e. The third-order valence-electron chi connectivity index (χ3n) is 9.06. The summed E-state index contributed by atoms with van der Waals surface area (Å²) in [7, 11) is 1.68. The Morgan fingerprint density at radius 3 is 2.61 bits per heavy atom. The first-order chi connectivity index (χ1) is 21.2. The number of fused-ring (bicyclic) bond motifs is 1. The molecule has 2 aliphatic carbocycles. The predicted molar refractivity (Wildman–Crippen MR) is 168 cm³/mol. The van der Waals surface area contributed by atoms with Crippen molar-refractivity contribution in [1.82, 2.24) is 15.1 Å². The summed E-state index contributed by atoms with van der Waals surface area (Å²) in [6.45, 7) is 10.4. The number of nitrogens with one attached hydrogen (secondary N) is 2. The number of methoxy groups -OCH3 is 1. The quantitative estimate of drug-likeness (QED) is 0.312. The van der Waals surface area contributed by atoms with Crippen molar-refractivity contribution in [1.29, 1.82) is 0 Å². The van der Waals surface area contributed by atoms with E-state index >= 15 is 0 Å². The molecule has 44 heavy (non-hydrogen) atoms. The summed E-state index contributed by atoms with van der Waals surface area (Å²) in [5.41, 5.74) is 2.15.